The first kappa shape index (κ1) is 22.8. The topological polar surface area (TPSA) is 81.3 Å². The van der Waals surface area contributed by atoms with Gasteiger partial charge in [0.05, 0.1) is 12.2 Å². The second-order valence-corrected chi connectivity index (χ2v) is 8.15. The van der Waals surface area contributed by atoms with Gasteiger partial charge in [-0.3, -0.25) is 5.43 Å². The first-order valence-corrected chi connectivity index (χ1v) is 10.7. The Hall–Kier alpha value is -4.68. The summed E-state index contributed by atoms with van der Waals surface area (Å²) in [4.78, 5) is 13.0. The summed E-state index contributed by atoms with van der Waals surface area (Å²) in [5, 5.41) is 3.73. The van der Waals surface area contributed by atoms with Crippen LogP contribution in [-0.2, 0) is 0 Å². The number of ether oxygens (including phenoxy) is 4. The molecule has 3 aromatic carbocycles. The maximum absolute atomic E-state index is 13.5. The Morgan fingerprint density at radius 3 is 2.03 bits per heavy atom. The highest BCUT2D eigenvalue weighted by molar-refractivity contribution is 5.98. The molecule has 2 amide bonds. The van der Waals surface area contributed by atoms with Crippen molar-refractivity contribution in [1.29, 1.82) is 0 Å². The molecule has 2 N–H and O–H groups in total. The molecule has 8 nitrogen and oxygen atoms in total. The normalized spacial score (nSPS) is 18.1. The van der Waals surface area contributed by atoms with Crippen LogP contribution < -0.4 is 29.7 Å². The molecule has 6 rings (SSSR count). The summed E-state index contributed by atoms with van der Waals surface area (Å²) in [7, 11) is 0. The van der Waals surface area contributed by atoms with Crippen LogP contribution in [-0.4, -0.2) is 30.2 Å². The Labute approximate surface area is 204 Å². The van der Waals surface area contributed by atoms with Crippen molar-refractivity contribution < 1.29 is 45.7 Å². The lowest BCUT2D eigenvalue weighted by atomic mass is 10.00. The molecular formula is C24H14F5N3O5. The number of halogens is 5. The number of hydrogen-bond acceptors (Lipinski definition) is 6. The number of amides is 2. The molecule has 0 aromatic heterocycles. The van der Waals surface area contributed by atoms with E-state index in [0.29, 0.717) is 22.4 Å². The van der Waals surface area contributed by atoms with Crippen LogP contribution >= 0.6 is 0 Å². The third-order valence-corrected chi connectivity index (χ3v) is 5.65. The van der Waals surface area contributed by atoms with E-state index in [1.807, 2.05) is 0 Å². The van der Waals surface area contributed by atoms with E-state index in [4.69, 9.17) is 0 Å². The number of anilines is 1. The van der Waals surface area contributed by atoms with Gasteiger partial charge in [-0.25, -0.2) is 14.2 Å². The van der Waals surface area contributed by atoms with Crippen LogP contribution in [0.15, 0.2) is 60.7 Å². The molecule has 190 valence electrons. The SMILES string of the molecule is O=C(Nc1ccc2c(c1)OC(F)(F)O2)N1CC(c2ccc3c(c2)OC(F)(F)O3)=C(c2ccc(F)cc2)N1. The van der Waals surface area contributed by atoms with E-state index in [-0.39, 0.29) is 35.2 Å². The standard InChI is InChI=1S/C24H14F5N3O5/c25-14-4-1-12(2-5-14)21-16(13-3-7-17-19(9-13)36-23(26,27)34-17)11-32(31-21)22(33)30-15-6-8-18-20(10-15)37-24(28,29)35-18/h1-10,31H,11H2,(H,30,33). The summed E-state index contributed by atoms with van der Waals surface area (Å²) in [5.74, 6) is -1.24. The Morgan fingerprint density at radius 1 is 0.784 bits per heavy atom. The molecule has 0 unspecified atom stereocenters. The molecule has 3 heterocycles. The summed E-state index contributed by atoms with van der Waals surface area (Å²) in [6.07, 6.45) is -7.61. The third kappa shape index (κ3) is 4.28. The Kier molecular flexibility index (Phi) is 4.87. The van der Waals surface area contributed by atoms with Crippen LogP contribution in [0.25, 0.3) is 11.3 Å². The van der Waals surface area contributed by atoms with E-state index >= 15 is 0 Å². The molecule has 3 aliphatic rings. The molecule has 0 saturated heterocycles. The molecule has 0 radical (unpaired) electrons. The van der Waals surface area contributed by atoms with Crippen molar-refractivity contribution in [2.24, 2.45) is 0 Å². The molecule has 0 fully saturated rings. The predicted octanol–water partition coefficient (Wildman–Crippen LogP) is 5.39. The molecule has 0 spiro atoms. The highest BCUT2D eigenvalue weighted by Gasteiger charge is 2.44. The number of hydrogen-bond donors (Lipinski definition) is 2. The summed E-state index contributed by atoms with van der Waals surface area (Å²) < 4.78 is 84.9. The molecular weight excluding hydrogens is 505 g/mol. The molecule has 37 heavy (non-hydrogen) atoms. The van der Waals surface area contributed by atoms with Crippen molar-refractivity contribution in [2.45, 2.75) is 12.6 Å². The van der Waals surface area contributed by atoms with Gasteiger partial charge in [0.1, 0.15) is 5.82 Å². The molecule has 0 atom stereocenters. The van der Waals surface area contributed by atoms with Crippen LogP contribution in [0.4, 0.5) is 32.4 Å². The highest BCUT2D eigenvalue weighted by atomic mass is 19.3. The van der Waals surface area contributed by atoms with Crippen LogP contribution in [0.3, 0.4) is 0 Å². The maximum Gasteiger partial charge on any atom is 0.586 e. The second kappa shape index (κ2) is 7.91. The largest absolute Gasteiger partial charge is 0.586 e. The van der Waals surface area contributed by atoms with E-state index in [9.17, 15) is 26.7 Å². The van der Waals surface area contributed by atoms with Crippen LogP contribution in [0.5, 0.6) is 23.0 Å². The highest BCUT2D eigenvalue weighted by Crippen LogP contribution is 2.44. The number of carbonyl (C=O) groups excluding carboxylic acids is 1. The van der Waals surface area contributed by atoms with Crippen molar-refractivity contribution in [3.8, 4) is 23.0 Å². The lowest BCUT2D eigenvalue weighted by molar-refractivity contribution is -0.287. The van der Waals surface area contributed by atoms with Crippen molar-refractivity contribution in [1.82, 2.24) is 10.4 Å². The third-order valence-electron chi connectivity index (χ3n) is 5.65. The lowest BCUT2D eigenvalue weighted by Crippen LogP contribution is -2.40. The van der Waals surface area contributed by atoms with E-state index in [2.05, 4.69) is 29.7 Å². The molecule has 3 aliphatic heterocycles. The van der Waals surface area contributed by atoms with Gasteiger partial charge < -0.3 is 24.3 Å². The minimum Gasteiger partial charge on any atom is -0.395 e. The van der Waals surface area contributed by atoms with Gasteiger partial charge in [0, 0.05) is 17.3 Å². The van der Waals surface area contributed by atoms with Gasteiger partial charge in [-0.2, -0.15) is 0 Å². The molecule has 0 bridgehead atoms. The van der Waals surface area contributed by atoms with Gasteiger partial charge >= 0.3 is 18.6 Å². The fourth-order valence-electron chi connectivity index (χ4n) is 4.05. The summed E-state index contributed by atoms with van der Waals surface area (Å²) in [5.41, 5.74) is 4.94. The Bertz CT molecular complexity index is 1460. The number of carbonyl (C=O) groups is 1. The summed E-state index contributed by atoms with van der Waals surface area (Å²) in [6.45, 7) is -0.0444. The maximum atomic E-state index is 13.5. The number of nitrogens with one attached hydrogen (secondary N) is 2. The van der Waals surface area contributed by atoms with E-state index in [1.165, 1.54) is 65.7 Å². The first-order chi connectivity index (χ1) is 17.6. The van der Waals surface area contributed by atoms with Gasteiger partial charge in [-0.15, -0.1) is 17.6 Å². The zero-order valence-corrected chi connectivity index (χ0v) is 18.4. The Morgan fingerprint density at radius 2 is 1.35 bits per heavy atom. The van der Waals surface area contributed by atoms with Gasteiger partial charge in [0.2, 0.25) is 0 Å². The zero-order chi connectivity index (χ0) is 25.9. The molecule has 13 heteroatoms. The minimum absolute atomic E-state index is 0.0444. The van der Waals surface area contributed by atoms with Crippen LogP contribution in [0, 0.1) is 5.82 Å². The molecule has 0 saturated carbocycles. The second-order valence-electron chi connectivity index (χ2n) is 8.15. The molecule has 0 aliphatic carbocycles. The number of hydrazine groups is 1. The first-order valence-electron chi connectivity index (χ1n) is 10.7. The summed E-state index contributed by atoms with van der Waals surface area (Å²) in [6, 6.07) is 12.7. The van der Waals surface area contributed by atoms with Crippen molar-refractivity contribution in [3.05, 3.63) is 77.6 Å². The number of nitrogens with zero attached hydrogens (tertiary/aromatic N) is 1. The number of alkyl halides is 4. The average Bonchev–Trinajstić information content (AvgIpc) is 3.49. The number of benzene rings is 3. The van der Waals surface area contributed by atoms with E-state index in [1.54, 1.807) is 0 Å². The number of fused-ring (bicyclic) bond motifs is 2. The average molecular weight is 519 g/mol. The fourth-order valence-corrected chi connectivity index (χ4v) is 4.05. The van der Waals surface area contributed by atoms with Gasteiger partial charge in [-0.05, 0) is 59.7 Å². The number of rotatable bonds is 3. The monoisotopic (exact) mass is 519 g/mol. The molecule has 3 aromatic rings. The minimum atomic E-state index is -3.81. The Balaban J connectivity index is 1.27. The zero-order valence-electron chi connectivity index (χ0n) is 18.4. The summed E-state index contributed by atoms with van der Waals surface area (Å²) >= 11 is 0. The van der Waals surface area contributed by atoms with Gasteiger partial charge in [-0.1, -0.05) is 6.07 Å². The number of urea groups is 1. The van der Waals surface area contributed by atoms with Crippen molar-refractivity contribution in [3.63, 3.8) is 0 Å². The van der Waals surface area contributed by atoms with Gasteiger partial charge in [0.25, 0.3) is 0 Å². The van der Waals surface area contributed by atoms with Crippen LogP contribution in [0.2, 0.25) is 0 Å². The van der Waals surface area contributed by atoms with Gasteiger partial charge in [0.15, 0.2) is 23.0 Å². The quantitative estimate of drug-likeness (QED) is 0.452. The van der Waals surface area contributed by atoms with E-state index < -0.39 is 24.4 Å². The lowest BCUT2D eigenvalue weighted by Gasteiger charge is -2.19. The van der Waals surface area contributed by atoms with Crippen LogP contribution in [0.1, 0.15) is 11.1 Å². The van der Waals surface area contributed by atoms with Crippen molar-refractivity contribution in [2.75, 3.05) is 11.9 Å². The predicted molar refractivity (Wildman–Crippen MR) is 117 cm³/mol. The van der Waals surface area contributed by atoms with Crippen molar-refractivity contribution >= 4 is 23.0 Å². The smallest absolute Gasteiger partial charge is 0.395 e. The fraction of sp³-hybridized carbons (Fsp3) is 0.125. The van der Waals surface area contributed by atoms with E-state index in [0.717, 1.165) is 0 Å².